The summed E-state index contributed by atoms with van der Waals surface area (Å²) in [6, 6.07) is 0. The fourth-order valence-electron chi connectivity index (χ4n) is 2.07. The lowest BCUT2D eigenvalue weighted by atomic mass is 10.00. The third kappa shape index (κ3) is 8.17. The molecule has 0 amide bonds. The number of hydrogen-bond donors (Lipinski definition) is 2. The van der Waals surface area contributed by atoms with Gasteiger partial charge in [0.15, 0.2) is 0 Å². The quantitative estimate of drug-likeness (QED) is 0.564. The topological polar surface area (TPSA) is 71.5 Å². The molecule has 1 fully saturated rings. The van der Waals surface area contributed by atoms with Crippen LogP contribution in [-0.4, -0.2) is 60.1 Å². The molecule has 120 valence electrons. The molecule has 2 N–H and O–H groups in total. The molecule has 1 aliphatic rings. The Labute approximate surface area is 122 Å². The summed E-state index contributed by atoms with van der Waals surface area (Å²) in [5.74, 6) is 0. The Hall–Kier alpha value is -0.200. The number of hydrogen-bond acceptors (Lipinski definition) is 5. The molecule has 20 heavy (non-hydrogen) atoms. The summed E-state index contributed by atoms with van der Waals surface area (Å²) in [5, 5.41) is 18.9. The van der Waals surface area contributed by atoms with E-state index in [9.17, 15) is 5.11 Å². The van der Waals surface area contributed by atoms with Crippen molar-refractivity contribution >= 4 is 0 Å². The molecular weight excluding hydrogens is 260 g/mol. The second kappa shape index (κ2) is 7.71. The largest absolute Gasteiger partial charge is 0.396 e. The molecular formula is C15H30O5. The maximum absolute atomic E-state index is 10.1. The first-order chi connectivity index (χ1) is 9.24. The van der Waals surface area contributed by atoms with Gasteiger partial charge in [0.05, 0.1) is 37.1 Å². The van der Waals surface area contributed by atoms with Crippen LogP contribution in [0.4, 0.5) is 0 Å². The summed E-state index contributed by atoms with van der Waals surface area (Å²) < 4.78 is 16.6. The Morgan fingerprint density at radius 3 is 2.40 bits per heavy atom. The Kier molecular flexibility index (Phi) is 6.88. The lowest BCUT2D eigenvalue weighted by molar-refractivity contribution is -0.0985. The predicted molar refractivity (Wildman–Crippen MR) is 76.7 cm³/mol. The van der Waals surface area contributed by atoms with Gasteiger partial charge < -0.3 is 24.4 Å². The van der Waals surface area contributed by atoms with Crippen molar-refractivity contribution in [2.75, 3.05) is 26.4 Å². The molecule has 0 saturated carbocycles. The molecule has 1 heterocycles. The summed E-state index contributed by atoms with van der Waals surface area (Å²) in [6.45, 7) is 9.70. The van der Waals surface area contributed by atoms with Gasteiger partial charge in [0, 0.05) is 13.0 Å². The molecule has 0 aromatic heterocycles. The maximum Gasteiger partial charge on any atom is 0.104 e. The molecule has 0 bridgehead atoms. The molecule has 0 radical (unpaired) electrons. The van der Waals surface area contributed by atoms with Gasteiger partial charge in [-0.25, -0.2) is 0 Å². The normalized spacial score (nSPS) is 21.0. The van der Waals surface area contributed by atoms with Crippen molar-refractivity contribution in [3.63, 3.8) is 0 Å². The Morgan fingerprint density at radius 1 is 1.20 bits per heavy atom. The average molecular weight is 290 g/mol. The summed E-state index contributed by atoms with van der Waals surface area (Å²) in [4.78, 5) is 0. The Bertz CT molecular complexity index is 273. The van der Waals surface area contributed by atoms with Gasteiger partial charge in [0.1, 0.15) is 6.10 Å². The number of epoxide rings is 1. The van der Waals surface area contributed by atoms with Crippen LogP contribution in [0.3, 0.4) is 0 Å². The number of aliphatic hydroxyl groups is 2. The number of aliphatic hydroxyl groups excluding tert-OH is 2. The first kappa shape index (κ1) is 17.9. The standard InChI is InChI=1S/C15H30O5/c1-14(2,6-5-7-16)19-9-12(17)8-15(3,4)20-11-13-10-18-13/h12-13,16-17H,5-11H2,1-4H3. The molecule has 0 aromatic carbocycles. The highest BCUT2D eigenvalue weighted by molar-refractivity contribution is 4.78. The Balaban J connectivity index is 2.21. The van der Waals surface area contributed by atoms with Gasteiger partial charge in [-0.3, -0.25) is 0 Å². The molecule has 0 spiro atoms. The average Bonchev–Trinajstić information content (AvgIpc) is 3.15. The lowest BCUT2D eigenvalue weighted by Gasteiger charge is -2.30. The van der Waals surface area contributed by atoms with Crippen molar-refractivity contribution in [1.29, 1.82) is 0 Å². The van der Waals surface area contributed by atoms with E-state index < -0.39 is 6.10 Å². The molecule has 5 heteroatoms. The third-order valence-electron chi connectivity index (χ3n) is 3.39. The van der Waals surface area contributed by atoms with Crippen molar-refractivity contribution in [3.8, 4) is 0 Å². The maximum atomic E-state index is 10.1. The fraction of sp³-hybridized carbons (Fsp3) is 1.00. The van der Waals surface area contributed by atoms with Crippen LogP contribution >= 0.6 is 0 Å². The van der Waals surface area contributed by atoms with Gasteiger partial charge in [-0.2, -0.15) is 0 Å². The SMILES string of the molecule is CC(C)(CCCO)OCC(O)CC(C)(C)OCC1CO1. The summed E-state index contributed by atoms with van der Waals surface area (Å²) >= 11 is 0. The van der Waals surface area contributed by atoms with Crippen molar-refractivity contribution in [2.45, 2.75) is 70.4 Å². The van der Waals surface area contributed by atoms with Crippen molar-refractivity contribution in [2.24, 2.45) is 0 Å². The van der Waals surface area contributed by atoms with Crippen LogP contribution in [-0.2, 0) is 14.2 Å². The van der Waals surface area contributed by atoms with Crippen LogP contribution in [0, 0.1) is 0 Å². The first-order valence-corrected chi connectivity index (χ1v) is 7.42. The van der Waals surface area contributed by atoms with Gasteiger partial charge in [-0.05, 0) is 40.5 Å². The highest BCUT2D eigenvalue weighted by atomic mass is 16.6. The first-order valence-electron chi connectivity index (χ1n) is 7.42. The van der Waals surface area contributed by atoms with E-state index in [-0.39, 0.29) is 30.5 Å². The smallest absolute Gasteiger partial charge is 0.104 e. The van der Waals surface area contributed by atoms with Gasteiger partial charge >= 0.3 is 0 Å². The predicted octanol–water partition coefficient (Wildman–Crippen LogP) is 1.50. The van der Waals surface area contributed by atoms with E-state index in [4.69, 9.17) is 19.3 Å². The van der Waals surface area contributed by atoms with Crippen LogP contribution < -0.4 is 0 Å². The molecule has 0 aliphatic carbocycles. The number of ether oxygens (including phenoxy) is 3. The molecule has 1 aliphatic heterocycles. The van der Waals surface area contributed by atoms with E-state index in [1.165, 1.54) is 0 Å². The van der Waals surface area contributed by atoms with Crippen LogP contribution in [0.5, 0.6) is 0 Å². The van der Waals surface area contributed by atoms with Gasteiger partial charge in [0.25, 0.3) is 0 Å². The van der Waals surface area contributed by atoms with E-state index in [0.717, 1.165) is 13.0 Å². The van der Waals surface area contributed by atoms with E-state index in [1.807, 2.05) is 27.7 Å². The minimum atomic E-state index is -0.557. The van der Waals surface area contributed by atoms with E-state index in [1.54, 1.807) is 0 Å². The van der Waals surface area contributed by atoms with E-state index in [0.29, 0.717) is 19.4 Å². The third-order valence-corrected chi connectivity index (χ3v) is 3.39. The van der Waals surface area contributed by atoms with Gasteiger partial charge in [0.2, 0.25) is 0 Å². The van der Waals surface area contributed by atoms with E-state index >= 15 is 0 Å². The molecule has 5 nitrogen and oxygen atoms in total. The van der Waals surface area contributed by atoms with Crippen molar-refractivity contribution < 1.29 is 24.4 Å². The zero-order valence-corrected chi connectivity index (χ0v) is 13.2. The fourth-order valence-corrected chi connectivity index (χ4v) is 2.07. The summed E-state index contributed by atoms with van der Waals surface area (Å²) in [5.41, 5.74) is -0.708. The minimum absolute atomic E-state index is 0.166. The highest BCUT2D eigenvalue weighted by Crippen LogP contribution is 2.22. The van der Waals surface area contributed by atoms with Crippen molar-refractivity contribution in [1.82, 2.24) is 0 Å². The monoisotopic (exact) mass is 290 g/mol. The minimum Gasteiger partial charge on any atom is -0.396 e. The van der Waals surface area contributed by atoms with Crippen LogP contribution in [0.2, 0.25) is 0 Å². The second-order valence-electron chi connectivity index (χ2n) is 6.78. The summed E-state index contributed by atoms with van der Waals surface area (Å²) in [7, 11) is 0. The van der Waals surface area contributed by atoms with Crippen LogP contribution in [0.25, 0.3) is 0 Å². The van der Waals surface area contributed by atoms with E-state index in [2.05, 4.69) is 0 Å². The highest BCUT2D eigenvalue weighted by Gasteiger charge is 2.29. The Morgan fingerprint density at radius 2 is 1.85 bits per heavy atom. The summed E-state index contributed by atoms with van der Waals surface area (Å²) in [6.07, 6.45) is 1.68. The zero-order chi connectivity index (χ0) is 15.2. The van der Waals surface area contributed by atoms with Crippen LogP contribution in [0.1, 0.15) is 47.0 Å². The molecule has 2 unspecified atom stereocenters. The van der Waals surface area contributed by atoms with Gasteiger partial charge in [-0.15, -0.1) is 0 Å². The molecule has 0 aromatic rings. The molecule has 2 atom stereocenters. The zero-order valence-electron chi connectivity index (χ0n) is 13.2. The van der Waals surface area contributed by atoms with Crippen LogP contribution in [0.15, 0.2) is 0 Å². The molecule has 1 saturated heterocycles. The van der Waals surface area contributed by atoms with Gasteiger partial charge in [-0.1, -0.05) is 0 Å². The lowest BCUT2D eigenvalue weighted by Crippen LogP contribution is -2.36. The molecule has 1 rings (SSSR count). The second-order valence-corrected chi connectivity index (χ2v) is 6.78. The van der Waals surface area contributed by atoms with Crippen molar-refractivity contribution in [3.05, 3.63) is 0 Å². The number of rotatable bonds is 11.